The van der Waals surface area contributed by atoms with Gasteiger partial charge < -0.3 is 20.1 Å². The Balaban J connectivity index is 1.73. The molecule has 4 rings (SSSR count). The van der Waals surface area contributed by atoms with E-state index in [4.69, 9.17) is 4.74 Å². The van der Waals surface area contributed by atoms with Crippen LogP contribution in [0.15, 0.2) is 0 Å². The molecule has 0 aromatic rings. The van der Waals surface area contributed by atoms with Crippen molar-refractivity contribution in [2.75, 3.05) is 0 Å². The first kappa shape index (κ1) is 19.3. The number of ketones is 1. The fourth-order valence-electron chi connectivity index (χ4n) is 7.42. The van der Waals surface area contributed by atoms with Gasteiger partial charge in [-0.25, -0.2) is 0 Å². The number of hydrogen-bond donors (Lipinski definition) is 3. The second-order valence-corrected chi connectivity index (χ2v) is 9.90. The molecular weight excluding hydrogens is 348 g/mol. The van der Waals surface area contributed by atoms with E-state index >= 15 is 0 Å². The van der Waals surface area contributed by atoms with E-state index in [0.717, 1.165) is 25.7 Å². The van der Waals surface area contributed by atoms with Crippen molar-refractivity contribution in [2.24, 2.45) is 34.5 Å². The number of aliphatic hydroxyl groups excluding tert-OH is 3. The van der Waals surface area contributed by atoms with Crippen LogP contribution < -0.4 is 0 Å². The van der Waals surface area contributed by atoms with Gasteiger partial charge in [-0.3, -0.25) is 9.59 Å². The Bertz CT molecular complexity index is 649. The Hall–Kier alpha value is -0.980. The van der Waals surface area contributed by atoms with Gasteiger partial charge in [0.15, 0.2) is 0 Å². The van der Waals surface area contributed by atoms with E-state index < -0.39 is 41.7 Å². The average Bonchev–Trinajstić information content (AvgIpc) is 2.90. The number of carbonyl (C=O) groups is 2. The normalized spacial score (nSPS) is 54.7. The van der Waals surface area contributed by atoms with E-state index in [1.165, 1.54) is 6.92 Å². The molecule has 0 aliphatic heterocycles. The van der Waals surface area contributed by atoms with Gasteiger partial charge >= 0.3 is 5.97 Å². The van der Waals surface area contributed by atoms with E-state index in [0.29, 0.717) is 12.8 Å². The number of rotatable bonds is 1. The van der Waals surface area contributed by atoms with Crippen LogP contribution in [0.4, 0.5) is 0 Å². The summed E-state index contributed by atoms with van der Waals surface area (Å²) in [7, 11) is 0. The van der Waals surface area contributed by atoms with Gasteiger partial charge in [0.1, 0.15) is 11.9 Å². The predicted molar refractivity (Wildman–Crippen MR) is 96.5 cm³/mol. The summed E-state index contributed by atoms with van der Waals surface area (Å²) in [6.07, 6.45) is 0.529. The van der Waals surface area contributed by atoms with Crippen LogP contribution in [0.25, 0.3) is 0 Å². The highest BCUT2D eigenvalue weighted by Crippen LogP contribution is 2.65. The van der Waals surface area contributed by atoms with Crippen molar-refractivity contribution in [1.82, 2.24) is 0 Å². The van der Waals surface area contributed by atoms with Crippen LogP contribution in [0.5, 0.6) is 0 Å². The third-order valence-corrected chi connectivity index (χ3v) is 8.78. The van der Waals surface area contributed by atoms with Gasteiger partial charge in [-0.05, 0) is 55.3 Å². The van der Waals surface area contributed by atoms with Gasteiger partial charge in [-0.2, -0.15) is 0 Å². The van der Waals surface area contributed by atoms with E-state index in [1.54, 1.807) is 0 Å². The van der Waals surface area contributed by atoms with Gasteiger partial charge in [0.2, 0.25) is 0 Å². The molecule has 0 aromatic heterocycles. The number of Topliss-reactive ketones (excluding diaryl/α,β-unsaturated/α-hetero) is 1. The molecule has 0 spiro atoms. The monoisotopic (exact) mass is 380 g/mol. The lowest BCUT2D eigenvalue weighted by atomic mass is 9.43. The molecular formula is C21H32O6. The van der Waals surface area contributed by atoms with Crippen molar-refractivity contribution in [3.63, 3.8) is 0 Å². The molecule has 4 aliphatic carbocycles. The van der Waals surface area contributed by atoms with Crippen molar-refractivity contribution in [1.29, 1.82) is 0 Å². The summed E-state index contributed by atoms with van der Waals surface area (Å²) in [5.41, 5.74) is -0.732. The fourth-order valence-corrected chi connectivity index (χ4v) is 7.42. The summed E-state index contributed by atoms with van der Waals surface area (Å²) in [6, 6.07) is 0. The third kappa shape index (κ3) is 2.56. The lowest BCUT2D eigenvalue weighted by molar-refractivity contribution is -0.253. The molecule has 6 heteroatoms. The molecule has 6 nitrogen and oxygen atoms in total. The maximum Gasteiger partial charge on any atom is 0.303 e. The second kappa shape index (κ2) is 6.26. The summed E-state index contributed by atoms with van der Waals surface area (Å²) in [4.78, 5) is 24.2. The molecule has 10 unspecified atom stereocenters. The Morgan fingerprint density at radius 2 is 1.74 bits per heavy atom. The van der Waals surface area contributed by atoms with Gasteiger partial charge in [-0.15, -0.1) is 0 Å². The van der Waals surface area contributed by atoms with Crippen LogP contribution in [-0.4, -0.2) is 51.5 Å². The molecule has 0 bridgehead atoms. The first-order valence-electron chi connectivity index (χ1n) is 10.4. The molecule has 4 saturated carbocycles. The van der Waals surface area contributed by atoms with Crippen LogP contribution >= 0.6 is 0 Å². The molecule has 0 radical (unpaired) electrons. The number of esters is 1. The quantitative estimate of drug-likeness (QED) is 0.595. The summed E-state index contributed by atoms with van der Waals surface area (Å²) in [6.45, 7) is 5.46. The van der Waals surface area contributed by atoms with E-state index in [9.17, 15) is 24.9 Å². The topological polar surface area (TPSA) is 104 Å². The number of hydrogen-bond acceptors (Lipinski definition) is 6. The summed E-state index contributed by atoms with van der Waals surface area (Å²) < 4.78 is 5.45. The van der Waals surface area contributed by atoms with Crippen LogP contribution in [0, 0.1) is 34.5 Å². The average molecular weight is 380 g/mol. The van der Waals surface area contributed by atoms with Crippen LogP contribution in [0.3, 0.4) is 0 Å². The molecule has 3 N–H and O–H groups in total. The van der Waals surface area contributed by atoms with Gasteiger partial charge in [0.05, 0.1) is 18.3 Å². The lowest BCUT2D eigenvalue weighted by Gasteiger charge is -2.63. The zero-order chi connectivity index (χ0) is 19.7. The van der Waals surface area contributed by atoms with Gasteiger partial charge in [0.25, 0.3) is 0 Å². The molecule has 4 aliphatic rings. The van der Waals surface area contributed by atoms with Crippen molar-refractivity contribution >= 4 is 11.8 Å². The highest BCUT2D eigenvalue weighted by atomic mass is 16.6. The molecule has 0 aromatic carbocycles. The largest absolute Gasteiger partial charge is 0.459 e. The van der Waals surface area contributed by atoms with Crippen LogP contribution in [0.2, 0.25) is 0 Å². The SMILES string of the molecule is CC(=O)OC1C(O)CCC2(C)C3CCC4(C)C(=O)CCC4C3C(O)C(O)C12. The number of aliphatic hydroxyl groups is 3. The minimum Gasteiger partial charge on any atom is -0.459 e. The zero-order valence-corrected chi connectivity index (χ0v) is 16.4. The third-order valence-electron chi connectivity index (χ3n) is 8.78. The Morgan fingerprint density at radius 3 is 2.41 bits per heavy atom. The minimum absolute atomic E-state index is 0.0881. The Morgan fingerprint density at radius 1 is 1.04 bits per heavy atom. The van der Waals surface area contributed by atoms with E-state index in [1.807, 2.05) is 6.92 Å². The lowest BCUT2D eigenvalue weighted by Crippen LogP contribution is -2.68. The summed E-state index contributed by atoms with van der Waals surface area (Å²) in [5.74, 6) is -0.579. The molecule has 4 fully saturated rings. The predicted octanol–water partition coefficient (Wildman–Crippen LogP) is 1.44. The molecule has 27 heavy (non-hydrogen) atoms. The highest BCUT2D eigenvalue weighted by molar-refractivity contribution is 5.87. The van der Waals surface area contributed by atoms with Gasteiger partial charge in [0, 0.05) is 24.7 Å². The zero-order valence-electron chi connectivity index (χ0n) is 16.4. The van der Waals surface area contributed by atoms with E-state index in [2.05, 4.69) is 6.92 Å². The molecule has 0 saturated heterocycles. The minimum atomic E-state index is -1.08. The van der Waals surface area contributed by atoms with Crippen LogP contribution in [0.1, 0.15) is 59.3 Å². The maximum absolute atomic E-state index is 12.5. The molecule has 0 heterocycles. The second-order valence-electron chi connectivity index (χ2n) is 9.90. The fraction of sp³-hybridized carbons (Fsp3) is 0.905. The molecule has 152 valence electrons. The summed E-state index contributed by atoms with van der Waals surface area (Å²) in [5, 5.41) is 32.7. The maximum atomic E-state index is 12.5. The molecule has 10 atom stereocenters. The van der Waals surface area contributed by atoms with Gasteiger partial charge in [-0.1, -0.05) is 13.8 Å². The highest BCUT2D eigenvalue weighted by Gasteiger charge is 2.67. The van der Waals surface area contributed by atoms with Crippen LogP contribution in [-0.2, 0) is 14.3 Å². The van der Waals surface area contributed by atoms with Crippen molar-refractivity contribution in [2.45, 2.75) is 83.7 Å². The first-order valence-corrected chi connectivity index (χ1v) is 10.4. The number of fused-ring (bicyclic) bond motifs is 5. The first-order chi connectivity index (χ1) is 12.6. The Labute approximate surface area is 160 Å². The number of carbonyl (C=O) groups excluding carboxylic acids is 2. The standard InChI is InChI=1S/C21H32O6/c1-10(22)27-19-13(23)7-9-21(3)12-6-8-20(2)11(4-5-14(20)24)15(12)17(25)18(26)16(19)21/h11-13,15-19,23,25-26H,4-9H2,1-3H3. The van der Waals surface area contributed by atoms with Crippen molar-refractivity contribution < 1.29 is 29.6 Å². The van der Waals surface area contributed by atoms with Crippen molar-refractivity contribution in [3.8, 4) is 0 Å². The van der Waals surface area contributed by atoms with Crippen molar-refractivity contribution in [3.05, 3.63) is 0 Å². The number of ether oxygens (including phenoxy) is 1. The Kier molecular flexibility index (Phi) is 4.48. The molecule has 0 amide bonds. The smallest absolute Gasteiger partial charge is 0.303 e. The summed E-state index contributed by atoms with van der Waals surface area (Å²) >= 11 is 0. The van der Waals surface area contributed by atoms with E-state index in [-0.39, 0.29) is 29.0 Å².